The molecule has 1 heterocycles. The summed E-state index contributed by atoms with van der Waals surface area (Å²) in [6, 6.07) is 9.68. The van der Waals surface area contributed by atoms with Crippen LogP contribution in [0, 0.1) is 16.0 Å². The zero-order chi connectivity index (χ0) is 33.5. The summed E-state index contributed by atoms with van der Waals surface area (Å²) in [4.78, 5) is 61.2. The van der Waals surface area contributed by atoms with Crippen LogP contribution >= 0.6 is 0 Å². The average molecular weight is 640 g/mol. The van der Waals surface area contributed by atoms with Crippen LogP contribution in [0.5, 0.6) is 5.75 Å². The van der Waals surface area contributed by atoms with Crippen molar-refractivity contribution in [3.05, 3.63) is 76.4 Å². The summed E-state index contributed by atoms with van der Waals surface area (Å²) in [5, 5.41) is 16.1. The van der Waals surface area contributed by atoms with Gasteiger partial charge < -0.3 is 19.2 Å². The van der Waals surface area contributed by atoms with Crippen molar-refractivity contribution in [2.24, 2.45) is 5.92 Å². The summed E-state index contributed by atoms with van der Waals surface area (Å²) in [6.07, 6.45) is 0.404. The van der Waals surface area contributed by atoms with Crippen LogP contribution in [0.1, 0.15) is 56.5 Å². The van der Waals surface area contributed by atoms with Crippen molar-refractivity contribution >= 4 is 43.4 Å². The molecule has 2 aromatic carbocycles. The fraction of sp³-hybridized carbons (Fsp3) is 0.438. The van der Waals surface area contributed by atoms with E-state index in [1.807, 2.05) is 6.92 Å². The molecule has 1 fully saturated rings. The van der Waals surface area contributed by atoms with Crippen molar-refractivity contribution in [3.63, 3.8) is 0 Å². The SMILES string of the molecule is C=CCOC(=O)Nc1cc(C(=O)C[C@H]2NC(=O)[C@@H]2[C@@H](C)O[Si](C)(C)C(C)(C)C)ccc1OC(=O)CCc1ccc([N+](=O)[O-])cc1. The highest BCUT2D eigenvalue weighted by atomic mass is 28.4. The molecule has 0 bridgehead atoms. The van der Waals surface area contributed by atoms with Gasteiger partial charge in [-0.1, -0.05) is 45.6 Å². The molecule has 0 spiro atoms. The molecule has 0 aliphatic carbocycles. The highest BCUT2D eigenvalue weighted by molar-refractivity contribution is 6.74. The first kappa shape index (κ1) is 35.1. The number of ether oxygens (including phenoxy) is 2. The number of ketones is 1. The van der Waals surface area contributed by atoms with Crippen LogP contribution < -0.4 is 15.4 Å². The summed E-state index contributed by atoms with van der Waals surface area (Å²) in [5.41, 5.74) is 0.925. The van der Waals surface area contributed by atoms with Crippen LogP contribution in [0.15, 0.2) is 55.1 Å². The van der Waals surface area contributed by atoms with Gasteiger partial charge in [0.1, 0.15) is 6.61 Å². The summed E-state index contributed by atoms with van der Waals surface area (Å²) in [7, 11) is -2.15. The number of nitro benzene ring substituents is 1. The number of rotatable bonds is 14. The van der Waals surface area contributed by atoms with Gasteiger partial charge in [-0.3, -0.25) is 29.8 Å². The van der Waals surface area contributed by atoms with Gasteiger partial charge in [-0.15, -0.1) is 0 Å². The third kappa shape index (κ3) is 9.32. The number of non-ortho nitro benzene ring substituents is 1. The van der Waals surface area contributed by atoms with E-state index in [4.69, 9.17) is 13.9 Å². The molecular formula is C32H41N3O9Si. The number of hydrogen-bond donors (Lipinski definition) is 2. The fourth-order valence-electron chi connectivity index (χ4n) is 4.58. The second-order valence-corrected chi connectivity index (χ2v) is 17.2. The second-order valence-electron chi connectivity index (χ2n) is 12.5. The van der Waals surface area contributed by atoms with Gasteiger partial charge in [0.2, 0.25) is 5.91 Å². The Kier molecular flexibility index (Phi) is 11.4. The normalized spacial score (nSPS) is 16.9. The minimum atomic E-state index is -2.15. The number of nitro groups is 1. The maximum absolute atomic E-state index is 13.3. The Morgan fingerprint density at radius 1 is 1.16 bits per heavy atom. The molecule has 1 saturated heterocycles. The molecule has 1 aliphatic rings. The van der Waals surface area contributed by atoms with Crippen molar-refractivity contribution in [2.45, 2.75) is 77.2 Å². The van der Waals surface area contributed by atoms with Gasteiger partial charge in [0.05, 0.1) is 28.7 Å². The highest BCUT2D eigenvalue weighted by Gasteiger charge is 2.48. The lowest BCUT2D eigenvalue weighted by Gasteiger charge is -2.45. The number of esters is 1. The fourth-order valence-corrected chi connectivity index (χ4v) is 6.01. The van der Waals surface area contributed by atoms with Crippen molar-refractivity contribution in [2.75, 3.05) is 11.9 Å². The monoisotopic (exact) mass is 639 g/mol. The first-order valence-corrected chi connectivity index (χ1v) is 17.6. The van der Waals surface area contributed by atoms with Gasteiger partial charge in [0.15, 0.2) is 19.9 Å². The summed E-state index contributed by atoms with van der Waals surface area (Å²) in [5.74, 6) is -1.55. The van der Waals surface area contributed by atoms with Crippen molar-refractivity contribution in [3.8, 4) is 5.75 Å². The topological polar surface area (TPSA) is 163 Å². The van der Waals surface area contributed by atoms with Crippen LogP contribution in [0.25, 0.3) is 0 Å². The summed E-state index contributed by atoms with van der Waals surface area (Å²) < 4.78 is 16.9. The van der Waals surface area contributed by atoms with Crippen LogP contribution in [0.4, 0.5) is 16.2 Å². The second kappa shape index (κ2) is 14.6. The van der Waals surface area contributed by atoms with E-state index in [2.05, 4.69) is 51.1 Å². The van der Waals surface area contributed by atoms with Crippen LogP contribution in [-0.2, 0) is 25.2 Å². The zero-order valence-electron chi connectivity index (χ0n) is 26.5. The van der Waals surface area contributed by atoms with Gasteiger partial charge >= 0.3 is 12.1 Å². The predicted molar refractivity (Wildman–Crippen MR) is 171 cm³/mol. The number of β-lactam (4-membered cyclic amide) rings is 1. The third-order valence-electron chi connectivity index (χ3n) is 8.12. The molecule has 0 aromatic heterocycles. The zero-order valence-corrected chi connectivity index (χ0v) is 27.5. The number of anilines is 1. The van der Waals surface area contributed by atoms with E-state index >= 15 is 0 Å². The number of amides is 2. The van der Waals surface area contributed by atoms with Crippen molar-refractivity contribution in [1.82, 2.24) is 5.32 Å². The lowest BCUT2D eigenvalue weighted by atomic mass is 9.82. The Bertz CT molecular complexity index is 1450. The van der Waals surface area contributed by atoms with E-state index < -0.39 is 37.3 Å². The van der Waals surface area contributed by atoms with E-state index in [0.717, 1.165) is 0 Å². The Labute approximate surface area is 263 Å². The molecule has 242 valence electrons. The Morgan fingerprint density at radius 3 is 2.40 bits per heavy atom. The molecular weight excluding hydrogens is 598 g/mol. The number of benzene rings is 2. The van der Waals surface area contributed by atoms with E-state index in [1.54, 1.807) is 12.1 Å². The number of nitrogens with zero attached hydrogens (tertiary/aromatic N) is 1. The molecule has 12 nitrogen and oxygen atoms in total. The standard InChI is InChI=1S/C32H41N3O9Si/c1-8-17-42-31(39)34-24-18-22(12-15-27(24)43-28(37)16-11-21-9-13-23(14-10-21)35(40)41)26(36)19-25-29(30(38)33-25)20(2)44-45(6,7)32(3,4)5/h8-10,12-15,18,20,25,29H,1,11,16-17,19H2,2-7H3,(H,33,38)(H,34,39)/t20-,25-,29-/m1/s1. The van der Waals surface area contributed by atoms with Gasteiger partial charge in [0.25, 0.3) is 5.69 Å². The predicted octanol–water partition coefficient (Wildman–Crippen LogP) is 5.97. The number of carbonyl (C=O) groups is 4. The molecule has 13 heteroatoms. The minimum absolute atomic E-state index is 0.00187. The number of Topliss-reactive ketones (excluding diaryl/α,β-unsaturated/α-hetero) is 1. The Balaban J connectivity index is 1.72. The summed E-state index contributed by atoms with van der Waals surface area (Å²) >= 11 is 0. The van der Waals surface area contributed by atoms with Crippen molar-refractivity contribution < 1.29 is 38.0 Å². The number of aryl methyl sites for hydroxylation is 1. The van der Waals surface area contributed by atoms with Gasteiger partial charge in [-0.25, -0.2) is 4.79 Å². The van der Waals surface area contributed by atoms with Gasteiger partial charge in [-0.05, 0) is 55.2 Å². The average Bonchev–Trinajstić information content (AvgIpc) is 2.94. The maximum Gasteiger partial charge on any atom is 0.412 e. The maximum atomic E-state index is 13.3. The molecule has 0 radical (unpaired) electrons. The Morgan fingerprint density at radius 2 is 1.82 bits per heavy atom. The van der Waals surface area contributed by atoms with E-state index in [-0.39, 0.29) is 71.4 Å². The lowest BCUT2D eigenvalue weighted by Crippen LogP contribution is -2.64. The molecule has 3 atom stereocenters. The molecule has 45 heavy (non-hydrogen) atoms. The first-order valence-electron chi connectivity index (χ1n) is 14.7. The number of carbonyl (C=O) groups excluding carboxylic acids is 4. The first-order chi connectivity index (χ1) is 21.0. The lowest BCUT2D eigenvalue weighted by molar-refractivity contribution is -0.384. The third-order valence-corrected chi connectivity index (χ3v) is 12.7. The molecule has 0 unspecified atom stereocenters. The van der Waals surface area contributed by atoms with Crippen LogP contribution in [0.3, 0.4) is 0 Å². The van der Waals surface area contributed by atoms with Crippen LogP contribution in [-0.4, -0.2) is 55.7 Å². The van der Waals surface area contributed by atoms with Gasteiger partial charge in [-0.2, -0.15) is 0 Å². The van der Waals surface area contributed by atoms with Crippen molar-refractivity contribution in [1.29, 1.82) is 0 Å². The van der Waals surface area contributed by atoms with E-state index in [0.29, 0.717) is 5.56 Å². The summed E-state index contributed by atoms with van der Waals surface area (Å²) in [6.45, 7) is 15.9. The molecule has 2 amide bonds. The number of nitrogens with one attached hydrogen (secondary N) is 2. The number of hydrogen-bond acceptors (Lipinski definition) is 9. The largest absolute Gasteiger partial charge is 0.445 e. The Hall–Kier alpha value is -4.36. The quantitative estimate of drug-likeness (QED) is 0.0371. The highest BCUT2D eigenvalue weighted by Crippen LogP contribution is 2.39. The van der Waals surface area contributed by atoms with E-state index in [9.17, 15) is 29.3 Å². The minimum Gasteiger partial charge on any atom is -0.445 e. The molecule has 2 N–H and O–H groups in total. The molecule has 3 rings (SSSR count). The van der Waals surface area contributed by atoms with Gasteiger partial charge in [0, 0.05) is 30.5 Å². The smallest absolute Gasteiger partial charge is 0.412 e. The van der Waals surface area contributed by atoms with Crippen LogP contribution in [0.2, 0.25) is 18.1 Å². The van der Waals surface area contributed by atoms with E-state index in [1.165, 1.54) is 36.4 Å². The molecule has 1 aliphatic heterocycles. The molecule has 2 aromatic rings. The molecule has 0 saturated carbocycles.